The summed E-state index contributed by atoms with van der Waals surface area (Å²) >= 11 is 5.37. The Morgan fingerprint density at radius 1 is 1.82 bits per heavy atom. The third kappa shape index (κ3) is 1.26. The molecule has 3 nitrogen and oxygen atoms in total. The molecular weight excluding hydrogens is 173 g/mol. The van der Waals surface area contributed by atoms with E-state index in [1.807, 2.05) is 0 Å². The van der Waals surface area contributed by atoms with Gasteiger partial charge in [-0.2, -0.15) is 0 Å². The van der Waals surface area contributed by atoms with E-state index in [9.17, 15) is 14.5 Å². The van der Waals surface area contributed by atoms with E-state index in [1.54, 1.807) is 0 Å². The molecule has 0 aliphatic heterocycles. The minimum absolute atomic E-state index is 0.107. The Balaban J connectivity index is 2.97. The molecule has 0 spiro atoms. The third-order valence-corrected chi connectivity index (χ3v) is 1.90. The number of allylic oxidation sites excluding steroid dienone is 2. The molecule has 1 rings (SSSR count). The summed E-state index contributed by atoms with van der Waals surface area (Å²) in [5.41, 5.74) is 0. The lowest BCUT2D eigenvalue weighted by atomic mass is 10.1. The molecule has 0 saturated heterocycles. The summed E-state index contributed by atoms with van der Waals surface area (Å²) in [5, 5.41) is 10.2. The standard InChI is InChI=1S/C6H5ClFNO2/c7-6(9(10)11)4-2-1-3-5(6)8/h1-3H,4H2. The second kappa shape index (κ2) is 2.62. The van der Waals surface area contributed by atoms with E-state index in [0.29, 0.717) is 0 Å². The molecule has 0 aromatic rings. The molecule has 60 valence electrons. The van der Waals surface area contributed by atoms with Crippen molar-refractivity contribution in [3.05, 3.63) is 34.2 Å². The fourth-order valence-corrected chi connectivity index (χ4v) is 0.916. The SMILES string of the molecule is O=[N+]([O-])C1(Cl)CC=CC=C1F. The Hall–Kier alpha value is -0.900. The molecule has 0 fully saturated rings. The Kier molecular flexibility index (Phi) is 1.95. The van der Waals surface area contributed by atoms with Crippen LogP contribution in [0.25, 0.3) is 0 Å². The second-order valence-electron chi connectivity index (χ2n) is 2.16. The quantitative estimate of drug-likeness (QED) is 0.266. The van der Waals surface area contributed by atoms with Crippen LogP contribution in [0.4, 0.5) is 4.39 Å². The number of rotatable bonds is 1. The van der Waals surface area contributed by atoms with E-state index in [4.69, 9.17) is 11.6 Å². The van der Waals surface area contributed by atoms with E-state index >= 15 is 0 Å². The van der Waals surface area contributed by atoms with Crippen molar-refractivity contribution in [2.24, 2.45) is 0 Å². The summed E-state index contributed by atoms with van der Waals surface area (Å²) in [6, 6.07) is 0. The molecule has 0 N–H and O–H groups in total. The predicted octanol–water partition coefficient (Wildman–Crippen LogP) is 2.01. The number of hydrogen-bond donors (Lipinski definition) is 0. The molecule has 11 heavy (non-hydrogen) atoms. The van der Waals surface area contributed by atoms with Crippen molar-refractivity contribution in [2.45, 2.75) is 11.4 Å². The van der Waals surface area contributed by atoms with Gasteiger partial charge in [0, 0.05) is 0 Å². The molecule has 0 radical (unpaired) electrons. The second-order valence-corrected chi connectivity index (χ2v) is 2.79. The van der Waals surface area contributed by atoms with Crippen molar-refractivity contribution in [1.29, 1.82) is 0 Å². The van der Waals surface area contributed by atoms with E-state index < -0.39 is 15.7 Å². The summed E-state index contributed by atoms with van der Waals surface area (Å²) in [5.74, 6) is -0.910. The maximum Gasteiger partial charge on any atom is 0.349 e. The minimum atomic E-state index is -2.06. The molecule has 0 heterocycles. The van der Waals surface area contributed by atoms with Crippen molar-refractivity contribution in [3.63, 3.8) is 0 Å². The number of nitro groups is 1. The highest BCUT2D eigenvalue weighted by atomic mass is 35.5. The van der Waals surface area contributed by atoms with Gasteiger partial charge in [-0.25, -0.2) is 4.39 Å². The fourth-order valence-electron chi connectivity index (χ4n) is 0.764. The molecule has 0 bridgehead atoms. The number of alkyl halides is 1. The van der Waals surface area contributed by atoms with E-state index in [-0.39, 0.29) is 6.42 Å². The van der Waals surface area contributed by atoms with Gasteiger partial charge in [0.2, 0.25) is 0 Å². The Bertz CT molecular complexity index is 251. The lowest BCUT2D eigenvalue weighted by Gasteiger charge is -2.16. The van der Waals surface area contributed by atoms with Gasteiger partial charge >= 0.3 is 5.00 Å². The van der Waals surface area contributed by atoms with Gasteiger partial charge in [0.05, 0.1) is 11.3 Å². The van der Waals surface area contributed by atoms with E-state index in [1.165, 1.54) is 12.2 Å². The highest BCUT2D eigenvalue weighted by Crippen LogP contribution is 2.33. The van der Waals surface area contributed by atoms with Crippen LogP contribution in [-0.4, -0.2) is 9.92 Å². The largest absolute Gasteiger partial charge is 0.349 e. The lowest BCUT2D eigenvalue weighted by molar-refractivity contribution is -0.533. The summed E-state index contributed by atoms with van der Waals surface area (Å²) in [6.07, 6.45) is 3.75. The van der Waals surface area contributed by atoms with Crippen LogP contribution in [0.1, 0.15) is 6.42 Å². The van der Waals surface area contributed by atoms with E-state index in [0.717, 1.165) is 6.08 Å². The first-order valence-corrected chi connectivity index (χ1v) is 3.31. The maximum absolute atomic E-state index is 12.7. The van der Waals surface area contributed by atoms with Gasteiger partial charge < -0.3 is 0 Å². The monoisotopic (exact) mass is 177 g/mol. The van der Waals surface area contributed by atoms with Gasteiger partial charge in [-0.15, -0.1) is 0 Å². The summed E-state index contributed by atoms with van der Waals surface area (Å²) in [7, 11) is 0. The van der Waals surface area contributed by atoms with Gasteiger partial charge in [-0.1, -0.05) is 12.2 Å². The maximum atomic E-state index is 12.7. The molecule has 1 aliphatic carbocycles. The molecule has 1 atom stereocenters. The fraction of sp³-hybridized carbons (Fsp3) is 0.333. The minimum Gasteiger partial charge on any atom is -0.262 e. The topological polar surface area (TPSA) is 43.1 Å². The molecule has 0 aromatic heterocycles. The van der Waals surface area contributed by atoms with Crippen LogP contribution in [0.3, 0.4) is 0 Å². The zero-order valence-electron chi connectivity index (χ0n) is 5.46. The van der Waals surface area contributed by atoms with E-state index in [2.05, 4.69) is 0 Å². The van der Waals surface area contributed by atoms with Gasteiger partial charge in [0.25, 0.3) is 0 Å². The zero-order chi connectivity index (χ0) is 8.48. The molecule has 5 heteroatoms. The van der Waals surface area contributed by atoms with Crippen LogP contribution in [0.2, 0.25) is 0 Å². The normalized spacial score (nSPS) is 29.8. The molecule has 1 aliphatic rings. The van der Waals surface area contributed by atoms with Crippen molar-refractivity contribution >= 4 is 11.6 Å². The number of halogens is 2. The van der Waals surface area contributed by atoms with Crippen molar-refractivity contribution in [2.75, 3.05) is 0 Å². The average Bonchev–Trinajstić information content (AvgIpc) is 1.95. The third-order valence-electron chi connectivity index (χ3n) is 1.42. The smallest absolute Gasteiger partial charge is 0.262 e. The Morgan fingerprint density at radius 3 is 2.82 bits per heavy atom. The molecule has 0 amide bonds. The molecular formula is C6H5ClFNO2. The van der Waals surface area contributed by atoms with Gasteiger partial charge in [-0.05, 0) is 17.7 Å². The highest BCUT2D eigenvalue weighted by Gasteiger charge is 2.45. The molecule has 0 saturated carbocycles. The lowest BCUT2D eigenvalue weighted by Crippen LogP contribution is -2.33. The zero-order valence-corrected chi connectivity index (χ0v) is 6.21. The van der Waals surface area contributed by atoms with Crippen LogP contribution < -0.4 is 0 Å². The predicted molar refractivity (Wildman–Crippen MR) is 38.5 cm³/mol. The molecule has 1 unspecified atom stereocenters. The molecule has 0 aromatic carbocycles. The van der Waals surface area contributed by atoms with Crippen molar-refractivity contribution < 1.29 is 9.31 Å². The van der Waals surface area contributed by atoms with Crippen LogP contribution in [0, 0.1) is 10.1 Å². The number of hydrogen-bond acceptors (Lipinski definition) is 2. The van der Waals surface area contributed by atoms with Crippen LogP contribution in [0.15, 0.2) is 24.1 Å². The first-order valence-electron chi connectivity index (χ1n) is 2.93. The van der Waals surface area contributed by atoms with Crippen LogP contribution in [0.5, 0.6) is 0 Å². The van der Waals surface area contributed by atoms with Crippen molar-refractivity contribution in [1.82, 2.24) is 0 Å². The number of nitrogens with zero attached hydrogens (tertiary/aromatic N) is 1. The van der Waals surface area contributed by atoms with Crippen molar-refractivity contribution in [3.8, 4) is 0 Å². The Labute approximate surface area is 67.3 Å². The average molecular weight is 178 g/mol. The summed E-state index contributed by atoms with van der Waals surface area (Å²) < 4.78 is 12.7. The van der Waals surface area contributed by atoms with Gasteiger partial charge in [0.1, 0.15) is 0 Å². The summed E-state index contributed by atoms with van der Waals surface area (Å²) in [6.45, 7) is 0. The first-order chi connectivity index (χ1) is 5.07. The van der Waals surface area contributed by atoms with Gasteiger partial charge in [-0.3, -0.25) is 10.1 Å². The summed E-state index contributed by atoms with van der Waals surface area (Å²) in [4.78, 5) is 7.36. The van der Waals surface area contributed by atoms with Gasteiger partial charge in [0.15, 0.2) is 5.83 Å². The van der Waals surface area contributed by atoms with Crippen LogP contribution >= 0.6 is 11.6 Å². The Morgan fingerprint density at radius 2 is 2.45 bits per heavy atom. The first kappa shape index (κ1) is 8.20. The highest BCUT2D eigenvalue weighted by molar-refractivity contribution is 6.24. The van der Waals surface area contributed by atoms with Crippen LogP contribution in [-0.2, 0) is 0 Å².